The molecule has 9 heteroatoms. The van der Waals surface area contributed by atoms with Gasteiger partial charge in [0.05, 0.1) is 23.5 Å². The van der Waals surface area contributed by atoms with Crippen molar-refractivity contribution >= 4 is 27.5 Å². The Balaban J connectivity index is 1.64. The molecule has 1 aliphatic rings. The summed E-state index contributed by atoms with van der Waals surface area (Å²) in [4.78, 5) is 25.5. The highest BCUT2D eigenvalue weighted by Gasteiger charge is 2.32. The molecule has 1 saturated heterocycles. The van der Waals surface area contributed by atoms with Gasteiger partial charge in [-0.05, 0) is 49.6 Å². The van der Waals surface area contributed by atoms with Gasteiger partial charge in [0, 0.05) is 18.8 Å². The third-order valence-corrected chi connectivity index (χ3v) is 7.46. The van der Waals surface area contributed by atoms with Crippen LogP contribution in [0.25, 0.3) is 0 Å². The highest BCUT2D eigenvalue weighted by Crippen LogP contribution is 2.22. The van der Waals surface area contributed by atoms with E-state index >= 15 is 0 Å². The van der Waals surface area contributed by atoms with Gasteiger partial charge < -0.3 is 15.4 Å². The SMILES string of the molecule is CC(C)[C@H](NC(=O)Cc1ccccc1)C(=O)Nc1ccc(S(=O)(=O)N2C[C@@H](C)O[C@@H](C)C2)cc1. The largest absolute Gasteiger partial charge is 0.373 e. The van der Waals surface area contributed by atoms with Gasteiger partial charge in [-0.3, -0.25) is 9.59 Å². The molecule has 0 saturated carbocycles. The van der Waals surface area contributed by atoms with E-state index in [2.05, 4.69) is 10.6 Å². The summed E-state index contributed by atoms with van der Waals surface area (Å²) in [6.07, 6.45) is -0.174. The van der Waals surface area contributed by atoms with Crippen LogP contribution in [0.1, 0.15) is 33.3 Å². The summed E-state index contributed by atoms with van der Waals surface area (Å²) in [5.41, 5.74) is 1.32. The third-order valence-electron chi connectivity index (χ3n) is 5.62. The van der Waals surface area contributed by atoms with E-state index in [1.165, 1.54) is 16.4 Å². The van der Waals surface area contributed by atoms with Crippen LogP contribution in [0, 0.1) is 5.92 Å². The smallest absolute Gasteiger partial charge is 0.247 e. The summed E-state index contributed by atoms with van der Waals surface area (Å²) in [7, 11) is -3.66. The Hall–Kier alpha value is -2.75. The first-order chi connectivity index (χ1) is 16.1. The highest BCUT2D eigenvalue weighted by molar-refractivity contribution is 7.89. The maximum Gasteiger partial charge on any atom is 0.247 e. The standard InChI is InChI=1S/C25H33N3O5S/c1-17(2)24(27-23(29)14-20-8-6-5-7-9-20)25(30)26-21-10-12-22(13-11-21)34(31,32)28-15-18(3)33-19(4)16-28/h5-13,17-19,24H,14-16H2,1-4H3,(H,26,30)(H,27,29)/t18-,19+,24-/m0/s1. The highest BCUT2D eigenvalue weighted by atomic mass is 32.2. The van der Waals surface area contributed by atoms with E-state index in [0.717, 1.165) is 5.56 Å². The Bertz CT molecular complexity index is 1080. The van der Waals surface area contributed by atoms with E-state index < -0.39 is 16.1 Å². The Kier molecular flexibility index (Phi) is 8.46. The second kappa shape index (κ2) is 11.1. The van der Waals surface area contributed by atoms with Crippen molar-refractivity contribution in [3.8, 4) is 0 Å². The lowest BCUT2D eigenvalue weighted by Crippen LogP contribution is -2.48. The normalized spacial score (nSPS) is 20.0. The molecule has 0 aromatic heterocycles. The Morgan fingerprint density at radius 1 is 1.00 bits per heavy atom. The van der Waals surface area contributed by atoms with E-state index in [-0.39, 0.29) is 41.3 Å². The zero-order valence-electron chi connectivity index (χ0n) is 20.0. The number of morpholine rings is 1. The minimum Gasteiger partial charge on any atom is -0.373 e. The van der Waals surface area contributed by atoms with Crippen molar-refractivity contribution in [3.05, 3.63) is 60.2 Å². The van der Waals surface area contributed by atoms with Gasteiger partial charge in [-0.1, -0.05) is 44.2 Å². The molecule has 2 N–H and O–H groups in total. The summed E-state index contributed by atoms with van der Waals surface area (Å²) in [6.45, 7) is 8.00. The van der Waals surface area contributed by atoms with Crippen molar-refractivity contribution in [1.29, 1.82) is 0 Å². The Labute approximate surface area is 201 Å². The molecule has 2 aromatic carbocycles. The average Bonchev–Trinajstić information content (AvgIpc) is 2.77. The van der Waals surface area contributed by atoms with Gasteiger partial charge in [-0.15, -0.1) is 0 Å². The zero-order chi connectivity index (χ0) is 24.9. The Morgan fingerprint density at radius 3 is 2.15 bits per heavy atom. The summed E-state index contributed by atoms with van der Waals surface area (Å²) in [5.74, 6) is -0.733. The van der Waals surface area contributed by atoms with Gasteiger partial charge in [-0.25, -0.2) is 8.42 Å². The molecular weight excluding hydrogens is 454 g/mol. The molecule has 34 heavy (non-hydrogen) atoms. The topological polar surface area (TPSA) is 105 Å². The molecule has 0 bridgehead atoms. The molecule has 1 fully saturated rings. The predicted molar refractivity (Wildman–Crippen MR) is 131 cm³/mol. The van der Waals surface area contributed by atoms with Crippen molar-refractivity contribution in [2.75, 3.05) is 18.4 Å². The van der Waals surface area contributed by atoms with Gasteiger partial charge in [-0.2, -0.15) is 4.31 Å². The van der Waals surface area contributed by atoms with E-state index in [4.69, 9.17) is 4.74 Å². The summed E-state index contributed by atoms with van der Waals surface area (Å²) in [6, 6.07) is 14.7. The molecule has 1 heterocycles. The maximum absolute atomic E-state index is 13.0. The number of nitrogens with zero attached hydrogens (tertiary/aromatic N) is 1. The van der Waals surface area contributed by atoms with Crippen molar-refractivity contribution < 1.29 is 22.7 Å². The van der Waals surface area contributed by atoms with Crippen LogP contribution in [0.5, 0.6) is 0 Å². The van der Waals surface area contributed by atoms with Crippen molar-refractivity contribution in [2.24, 2.45) is 5.92 Å². The van der Waals surface area contributed by atoms with Crippen molar-refractivity contribution in [1.82, 2.24) is 9.62 Å². The van der Waals surface area contributed by atoms with E-state index in [0.29, 0.717) is 18.8 Å². The van der Waals surface area contributed by atoms with Crippen LogP contribution in [0.3, 0.4) is 0 Å². The first-order valence-electron chi connectivity index (χ1n) is 11.5. The monoisotopic (exact) mass is 487 g/mol. The molecule has 2 aromatic rings. The molecule has 2 amide bonds. The fraction of sp³-hybridized carbons (Fsp3) is 0.440. The molecule has 184 valence electrons. The first-order valence-corrected chi connectivity index (χ1v) is 12.9. The van der Waals surface area contributed by atoms with Crippen molar-refractivity contribution in [3.63, 3.8) is 0 Å². The molecular formula is C25H33N3O5S. The zero-order valence-corrected chi connectivity index (χ0v) is 20.8. The van der Waals surface area contributed by atoms with Gasteiger partial charge in [0.25, 0.3) is 0 Å². The molecule has 0 spiro atoms. The summed E-state index contributed by atoms with van der Waals surface area (Å²) < 4.78 is 33.1. The number of hydrogen-bond acceptors (Lipinski definition) is 5. The molecule has 0 radical (unpaired) electrons. The second-order valence-electron chi connectivity index (χ2n) is 9.04. The van der Waals surface area contributed by atoms with Crippen LogP contribution >= 0.6 is 0 Å². The van der Waals surface area contributed by atoms with Crippen LogP contribution in [0.15, 0.2) is 59.5 Å². The van der Waals surface area contributed by atoms with Gasteiger partial charge >= 0.3 is 0 Å². The average molecular weight is 488 g/mol. The number of hydrogen-bond donors (Lipinski definition) is 2. The second-order valence-corrected chi connectivity index (χ2v) is 11.0. The minimum absolute atomic E-state index is 0.135. The number of amides is 2. The van der Waals surface area contributed by atoms with Crippen LogP contribution < -0.4 is 10.6 Å². The number of rotatable bonds is 8. The number of benzene rings is 2. The molecule has 0 aliphatic carbocycles. The summed E-state index contributed by atoms with van der Waals surface area (Å²) >= 11 is 0. The molecule has 1 aliphatic heterocycles. The summed E-state index contributed by atoms with van der Waals surface area (Å²) in [5, 5.41) is 5.59. The molecule has 8 nitrogen and oxygen atoms in total. The number of sulfonamides is 1. The number of anilines is 1. The van der Waals surface area contributed by atoms with E-state index in [1.54, 1.807) is 12.1 Å². The fourth-order valence-corrected chi connectivity index (χ4v) is 5.54. The number of nitrogens with one attached hydrogen (secondary N) is 2. The van der Waals surface area contributed by atoms with Gasteiger partial charge in [0.15, 0.2) is 0 Å². The van der Waals surface area contributed by atoms with Crippen LogP contribution in [-0.2, 0) is 30.8 Å². The number of ether oxygens (including phenoxy) is 1. The number of carbonyl (C=O) groups is 2. The van der Waals surface area contributed by atoms with E-state index in [1.807, 2.05) is 58.0 Å². The molecule has 3 atom stereocenters. The minimum atomic E-state index is -3.66. The van der Waals surface area contributed by atoms with Gasteiger partial charge in [0.2, 0.25) is 21.8 Å². The van der Waals surface area contributed by atoms with Crippen molar-refractivity contribution in [2.45, 2.75) is 57.3 Å². The van der Waals surface area contributed by atoms with Crippen LogP contribution in [0.4, 0.5) is 5.69 Å². The Morgan fingerprint density at radius 2 is 1.59 bits per heavy atom. The maximum atomic E-state index is 13.0. The third kappa shape index (κ3) is 6.65. The quantitative estimate of drug-likeness (QED) is 0.596. The van der Waals surface area contributed by atoms with Crippen LogP contribution in [0.2, 0.25) is 0 Å². The lowest BCUT2D eigenvalue weighted by atomic mass is 10.0. The lowest BCUT2D eigenvalue weighted by molar-refractivity contribution is -0.127. The van der Waals surface area contributed by atoms with E-state index in [9.17, 15) is 18.0 Å². The fourth-order valence-electron chi connectivity index (χ4n) is 3.95. The van der Waals surface area contributed by atoms with Crippen LogP contribution in [-0.4, -0.2) is 55.9 Å². The number of carbonyl (C=O) groups excluding carboxylic acids is 2. The predicted octanol–water partition coefficient (Wildman–Crippen LogP) is 2.81. The first kappa shape index (κ1) is 25.9. The molecule has 3 rings (SSSR count). The van der Waals surface area contributed by atoms with Gasteiger partial charge in [0.1, 0.15) is 6.04 Å². The lowest BCUT2D eigenvalue weighted by Gasteiger charge is -2.34. The molecule has 0 unspecified atom stereocenters.